The zero-order valence-corrected chi connectivity index (χ0v) is 17.1. The number of rotatable bonds is 2. The van der Waals surface area contributed by atoms with E-state index in [0.717, 1.165) is 33.0 Å². The third-order valence-corrected chi connectivity index (χ3v) is 5.37. The molecule has 0 fully saturated rings. The summed E-state index contributed by atoms with van der Waals surface area (Å²) in [7, 11) is 1.85. The van der Waals surface area contributed by atoms with Crippen molar-refractivity contribution in [3.05, 3.63) is 70.2 Å². The Hall–Kier alpha value is -3.12. The fraction of sp³-hybridized carbons (Fsp3) is 0.280. The number of aromatic nitrogens is 1. The van der Waals surface area contributed by atoms with E-state index in [1.807, 2.05) is 56.7 Å². The number of hydrogen-bond donors (Lipinski definition) is 0. The normalized spacial score (nSPS) is 13.4. The summed E-state index contributed by atoms with van der Waals surface area (Å²) in [6.07, 6.45) is 0. The van der Waals surface area contributed by atoms with E-state index in [4.69, 9.17) is 15.1 Å². The van der Waals surface area contributed by atoms with Crippen LogP contribution in [0.15, 0.2) is 40.8 Å². The summed E-state index contributed by atoms with van der Waals surface area (Å²) in [4.78, 5) is 3.59. The first-order valence-corrected chi connectivity index (χ1v) is 9.32. The highest BCUT2D eigenvalue weighted by Crippen LogP contribution is 2.40. The van der Waals surface area contributed by atoms with Gasteiger partial charge >= 0.3 is 0 Å². The van der Waals surface area contributed by atoms with Crippen molar-refractivity contribution < 1.29 is 13.1 Å². The molecule has 2 aromatic carbocycles. The van der Waals surface area contributed by atoms with Gasteiger partial charge in [0.15, 0.2) is 11.4 Å². The highest BCUT2D eigenvalue weighted by Gasteiger charge is 2.23. The molecule has 2 heterocycles. The zero-order valence-electron chi connectivity index (χ0n) is 20.1. The van der Waals surface area contributed by atoms with Crippen LogP contribution in [0.2, 0.25) is 0 Å². The standard InChI is InChI=1S/C25H25N2O/c1-14(2)18-11-17(5)27(7)22(12-18)23-15(3)8-9-20-21-13-19(26-6)10-16(4)24(21)28-25(20)23/h8-14H,1-5,7H3/q+1/i11D,12D,14D. The monoisotopic (exact) mass is 372 g/mol. The van der Waals surface area contributed by atoms with Crippen LogP contribution in [0.3, 0.4) is 0 Å². The lowest BCUT2D eigenvalue weighted by Crippen LogP contribution is -2.35. The van der Waals surface area contributed by atoms with Gasteiger partial charge in [0.2, 0.25) is 5.69 Å². The molecule has 0 amide bonds. The lowest BCUT2D eigenvalue weighted by Gasteiger charge is -2.11. The van der Waals surface area contributed by atoms with Gasteiger partial charge in [-0.3, -0.25) is 0 Å². The van der Waals surface area contributed by atoms with Crippen molar-refractivity contribution in [3.8, 4) is 11.3 Å². The molecule has 0 bridgehead atoms. The number of hydrogen-bond acceptors (Lipinski definition) is 1. The number of fused-ring (bicyclic) bond motifs is 3. The Morgan fingerprint density at radius 3 is 2.50 bits per heavy atom. The lowest BCUT2D eigenvalue weighted by atomic mass is 9.96. The molecule has 0 unspecified atom stereocenters. The van der Waals surface area contributed by atoms with Crippen molar-refractivity contribution in [3.63, 3.8) is 0 Å². The number of aryl methyl sites for hydroxylation is 2. The SMILES string of the molecule is [2H]c1c(C([2H])(C)C)c([2H])c(-c2c(C)ccc3c2oc2c(C)cc([N+]#[C-])cc23)[n+](C)c1C. The van der Waals surface area contributed by atoms with Crippen LogP contribution in [0, 0.1) is 27.3 Å². The van der Waals surface area contributed by atoms with E-state index in [1.165, 1.54) is 0 Å². The maximum atomic E-state index is 8.99. The van der Waals surface area contributed by atoms with Crippen molar-refractivity contribution >= 4 is 27.6 Å². The summed E-state index contributed by atoms with van der Waals surface area (Å²) in [6, 6.07) is 8.06. The molecular formula is C25H25N2O+. The molecule has 0 aliphatic rings. The molecule has 140 valence electrons. The minimum atomic E-state index is -1.08. The molecule has 0 aliphatic carbocycles. The smallest absolute Gasteiger partial charge is 0.216 e. The Kier molecular flexibility index (Phi) is 3.45. The third kappa shape index (κ3) is 2.68. The Morgan fingerprint density at radius 1 is 1.07 bits per heavy atom. The number of nitrogens with zero attached hydrogens (tertiary/aromatic N) is 2. The summed E-state index contributed by atoms with van der Waals surface area (Å²) in [5, 5.41) is 1.77. The summed E-state index contributed by atoms with van der Waals surface area (Å²) < 4.78 is 34.3. The molecule has 28 heavy (non-hydrogen) atoms. The van der Waals surface area contributed by atoms with Gasteiger partial charge in [-0.15, -0.1) is 0 Å². The molecule has 0 aliphatic heterocycles. The maximum Gasteiger partial charge on any atom is 0.216 e. The summed E-state index contributed by atoms with van der Waals surface area (Å²) in [5.41, 5.74) is 6.32. The van der Waals surface area contributed by atoms with E-state index in [9.17, 15) is 0 Å². The molecule has 0 saturated carbocycles. The topological polar surface area (TPSA) is 21.4 Å². The summed E-state index contributed by atoms with van der Waals surface area (Å²) >= 11 is 0. The van der Waals surface area contributed by atoms with Gasteiger partial charge in [-0.1, -0.05) is 26.0 Å². The minimum absolute atomic E-state index is 0.174. The Balaban J connectivity index is 2.21. The van der Waals surface area contributed by atoms with Crippen LogP contribution < -0.4 is 4.57 Å². The molecule has 0 N–H and O–H groups in total. The second-order valence-electron chi connectivity index (χ2n) is 7.61. The maximum absolute atomic E-state index is 8.99. The van der Waals surface area contributed by atoms with Crippen LogP contribution in [-0.2, 0) is 7.05 Å². The van der Waals surface area contributed by atoms with Crippen molar-refractivity contribution in [1.82, 2.24) is 0 Å². The number of furan rings is 1. The molecule has 0 saturated heterocycles. The van der Waals surface area contributed by atoms with E-state index >= 15 is 0 Å². The molecular weight excluding hydrogens is 344 g/mol. The first-order valence-electron chi connectivity index (χ1n) is 10.8. The molecule has 0 radical (unpaired) electrons. The predicted molar refractivity (Wildman–Crippen MR) is 115 cm³/mol. The van der Waals surface area contributed by atoms with E-state index in [0.29, 0.717) is 28.2 Å². The highest BCUT2D eigenvalue weighted by molar-refractivity contribution is 6.11. The van der Waals surface area contributed by atoms with E-state index < -0.39 is 5.89 Å². The lowest BCUT2D eigenvalue weighted by molar-refractivity contribution is -0.666. The van der Waals surface area contributed by atoms with Gasteiger partial charge in [0.1, 0.15) is 18.2 Å². The van der Waals surface area contributed by atoms with Gasteiger partial charge in [-0.25, -0.2) is 4.85 Å². The summed E-state index contributed by atoms with van der Waals surface area (Å²) in [5.74, 6) is -1.08. The van der Waals surface area contributed by atoms with Gasteiger partial charge in [-0.2, -0.15) is 4.57 Å². The molecule has 0 atom stereocenters. The minimum Gasteiger partial charge on any atom is -0.455 e. The summed E-state index contributed by atoms with van der Waals surface area (Å²) in [6.45, 7) is 16.6. The van der Waals surface area contributed by atoms with Crippen LogP contribution >= 0.6 is 0 Å². The molecule has 4 rings (SSSR count). The van der Waals surface area contributed by atoms with E-state index in [2.05, 4.69) is 4.85 Å². The van der Waals surface area contributed by atoms with Crippen molar-refractivity contribution in [2.45, 2.75) is 40.5 Å². The van der Waals surface area contributed by atoms with Crippen LogP contribution in [0.1, 0.15) is 46.2 Å². The Bertz CT molecular complexity index is 1440. The Morgan fingerprint density at radius 2 is 1.82 bits per heavy atom. The fourth-order valence-electron chi connectivity index (χ4n) is 3.70. The largest absolute Gasteiger partial charge is 0.455 e. The van der Waals surface area contributed by atoms with Crippen LogP contribution in [0.4, 0.5) is 5.69 Å². The highest BCUT2D eigenvalue weighted by atomic mass is 16.3. The Labute approximate surface area is 170 Å². The third-order valence-electron chi connectivity index (χ3n) is 5.37. The van der Waals surface area contributed by atoms with E-state index in [-0.39, 0.29) is 12.1 Å². The van der Waals surface area contributed by atoms with Crippen LogP contribution in [0.5, 0.6) is 0 Å². The quantitative estimate of drug-likeness (QED) is 0.284. The molecule has 3 nitrogen and oxygen atoms in total. The average Bonchev–Trinajstić information content (AvgIpc) is 3.06. The van der Waals surface area contributed by atoms with Crippen LogP contribution in [-0.4, -0.2) is 0 Å². The average molecular weight is 373 g/mol. The molecule has 2 aromatic heterocycles. The number of benzene rings is 2. The van der Waals surface area contributed by atoms with Crippen molar-refractivity contribution in [2.24, 2.45) is 7.05 Å². The second-order valence-corrected chi connectivity index (χ2v) is 7.61. The van der Waals surface area contributed by atoms with Crippen molar-refractivity contribution in [1.29, 1.82) is 0 Å². The number of pyridine rings is 1. The van der Waals surface area contributed by atoms with Crippen molar-refractivity contribution in [2.75, 3.05) is 0 Å². The zero-order chi connectivity index (χ0) is 22.8. The first-order chi connectivity index (χ1) is 14.5. The van der Waals surface area contributed by atoms with E-state index in [1.54, 1.807) is 13.8 Å². The molecule has 0 spiro atoms. The van der Waals surface area contributed by atoms with Gasteiger partial charge in [-0.05, 0) is 48.6 Å². The van der Waals surface area contributed by atoms with Gasteiger partial charge < -0.3 is 4.42 Å². The first kappa shape index (κ1) is 14.9. The fourth-order valence-corrected chi connectivity index (χ4v) is 3.70. The molecule has 4 aromatic rings. The van der Waals surface area contributed by atoms with Gasteiger partial charge in [0, 0.05) is 31.2 Å². The van der Waals surface area contributed by atoms with Gasteiger partial charge in [0.25, 0.3) is 0 Å². The molecule has 3 heteroatoms. The van der Waals surface area contributed by atoms with Gasteiger partial charge in [0.05, 0.1) is 14.9 Å². The predicted octanol–water partition coefficient (Wildman–Crippen LogP) is 6.68. The van der Waals surface area contributed by atoms with Crippen LogP contribution in [0.25, 0.3) is 38.0 Å². The second kappa shape index (κ2) is 6.49.